The van der Waals surface area contributed by atoms with Gasteiger partial charge in [0.2, 0.25) is 11.8 Å². The summed E-state index contributed by atoms with van der Waals surface area (Å²) < 4.78 is 4.94. The third-order valence-corrected chi connectivity index (χ3v) is 3.59. The number of methoxy groups -OCH3 is 1. The van der Waals surface area contributed by atoms with Gasteiger partial charge in [0.25, 0.3) is 0 Å². The lowest BCUT2D eigenvalue weighted by molar-refractivity contribution is -0.132. The largest absolute Gasteiger partial charge is 0.385 e. The van der Waals surface area contributed by atoms with E-state index in [0.717, 1.165) is 6.42 Å². The number of nitrogens with two attached hydrogens (primary N) is 1. The molecule has 0 saturated carbocycles. The number of hydrogen-bond donors (Lipinski definition) is 2. The van der Waals surface area contributed by atoms with Crippen LogP contribution < -0.4 is 11.1 Å². The third kappa shape index (κ3) is 5.07. The molecule has 0 aromatic heterocycles. The van der Waals surface area contributed by atoms with Crippen molar-refractivity contribution in [2.75, 3.05) is 53.0 Å². The van der Waals surface area contributed by atoms with Crippen molar-refractivity contribution in [2.45, 2.75) is 19.4 Å². The van der Waals surface area contributed by atoms with Crippen LogP contribution in [0, 0.1) is 0 Å². The molecule has 1 fully saturated rings. The summed E-state index contributed by atoms with van der Waals surface area (Å²) in [6, 6.07) is -0.173. The fourth-order valence-corrected chi connectivity index (χ4v) is 2.23. The Bertz CT molecular complexity index is 317. The van der Waals surface area contributed by atoms with E-state index in [1.54, 1.807) is 12.0 Å². The molecule has 0 aliphatic carbocycles. The Labute approximate surface area is 120 Å². The van der Waals surface area contributed by atoms with Gasteiger partial charge in [0.1, 0.15) is 0 Å². The van der Waals surface area contributed by atoms with Crippen LogP contribution in [-0.4, -0.2) is 80.6 Å². The lowest BCUT2D eigenvalue weighted by atomic mass is 10.2. The summed E-state index contributed by atoms with van der Waals surface area (Å²) in [5.74, 6) is 0.000949. The first-order chi connectivity index (χ1) is 9.60. The molecule has 20 heavy (non-hydrogen) atoms. The van der Waals surface area contributed by atoms with Crippen molar-refractivity contribution in [3.05, 3.63) is 0 Å². The molecule has 7 heteroatoms. The summed E-state index contributed by atoms with van der Waals surface area (Å²) in [6.07, 6.45) is 0.813. The second-order valence-electron chi connectivity index (χ2n) is 4.93. The molecule has 1 aliphatic rings. The molecule has 0 aromatic carbocycles. The lowest BCUT2D eigenvalue weighted by Crippen LogP contribution is -2.55. The summed E-state index contributed by atoms with van der Waals surface area (Å²) >= 11 is 0. The summed E-state index contributed by atoms with van der Waals surface area (Å²) in [5.41, 5.74) is 5.35. The van der Waals surface area contributed by atoms with Crippen molar-refractivity contribution in [2.24, 2.45) is 5.73 Å². The summed E-state index contributed by atoms with van der Waals surface area (Å²) in [6.45, 7) is 5.91. The van der Waals surface area contributed by atoms with E-state index >= 15 is 0 Å². The average molecular weight is 286 g/mol. The van der Waals surface area contributed by atoms with Crippen LogP contribution in [-0.2, 0) is 14.3 Å². The molecular formula is C13H26N4O3. The average Bonchev–Trinajstić information content (AvgIpc) is 2.50. The molecule has 0 spiro atoms. The van der Waals surface area contributed by atoms with Crippen molar-refractivity contribution >= 4 is 11.8 Å². The van der Waals surface area contributed by atoms with Gasteiger partial charge in [-0.2, -0.15) is 0 Å². The monoisotopic (exact) mass is 286 g/mol. The molecule has 0 radical (unpaired) electrons. The molecular weight excluding hydrogens is 260 g/mol. The van der Waals surface area contributed by atoms with E-state index in [9.17, 15) is 9.59 Å². The Hall–Kier alpha value is -1.18. The van der Waals surface area contributed by atoms with E-state index < -0.39 is 0 Å². The molecule has 0 bridgehead atoms. The van der Waals surface area contributed by atoms with Gasteiger partial charge in [-0.25, -0.2) is 0 Å². The zero-order valence-electron chi connectivity index (χ0n) is 12.4. The first kappa shape index (κ1) is 16.9. The van der Waals surface area contributed by atoms with Crippen molar-refractivity contribution in [3.8, 4) is 0 Å². The van der Waals surface area contributed by atoms with E-state index in [2.05, 4.69) is 10.2 Å². The van der Waals surface area contributed by atoms with Crippen LogP contribution in [0.4, 0.5) is 0 Å². The highest BCUT2D eigenvalue weighted by Crippen LogP contribution is 2.06. The first-order valence-electron chi connectivity index (χ1n) is 7.08. The topological polar surface area (TPSA) is 87.9 Å². The quantitative estimate of drug-likeness (QED) is 0.564. The maximum atomic E-state index is 12.0. The maximum absolute atomic E-state index is 12.0. The van der Waals surface area contributed by atoms with Crippen LogP contribution in [0.5, 0.6) is 0 Å². The molecule has 1 heterocycles. The van der Waals surface area contributed by atoms with E-state index in [1.807, 2.05) is 6.92 Å². The smallest absolute Gasteiger partial charge is 0.237 e. The highest BCUT2D eigenvalue weighted by atomic mass is 16.5. The SMILES string of the molecule is COCCCNC(=O)C(C)N1CCN(C(=O)CN)CC1. The fraction of sp³-hybridized carbons (Fsp3) is 0.846. The predicted octanol–water partition coefficient (Wildman–Crippen LogP) is -1.37. The number of carbonyl (C=O) groups excluding carboxylic acids is 2. The van der Waals surface area contributed by atoms with Crippen molar-refractivity contribution in [3.63, 3.8) is 0 Å². The second kappa shape index (κ2) is 8.89. The van der Waals surface area contributed by atoms with Gasteiger partial charge in [-0.1, -0.05) is 0 Å². The lowest BCUT2D eigenvalue weighted by Gasteiger charge is -2.37. The number of carbonyl (C=O) groups is 2. The number of nitrogens with zero attached hydrogens (tertiary/aromatic N) is 2. The molecule has 1 aliphatic heterocycles. The van der Waals surface area contributed by atoms with E-state index in [-0.39, 0.29) is 24.4 Å². The van der Waals surface area contributed by atoms with Crippen LogP contribution in [0.15, 0.2) is 0 Å². The second-order valence-corrected chi connectivity index (χ2v) is 4.93. The maximum Gasteiger partial charge on any atom is 0.237 e. The van der Waals surface area contributed by atoms with Crippen LogP contribution in [0.1, 0.15) is 13.3 Å². The minimum atomic E-state index is -0.173. The molecule has 0 aromatic rings. The Morgan fingerprint density at radius 3 is 2.50 bits per heavy atom. The molecule has 1 rings (SSSR count). The zero-order valence-corrected chi connectivity index (χ0v) is 12.4. The third-order valence-electron chi connectivity index (χ3n) is 3.59. The molecule has 1 atom stereocenters. The Morgan fingerprint density at radius 2 is 1.95 bits per heavy atom. The number of hydrogen-bond acceptors (Lipinski definition) is 5. The molecule has 2 amide bonds. The summed E-state index contributed by atoms with van der Waals surface area (Å²) in [7, 11) is 1.65. The van der Waals surface area contributed by atoms with E-state index in [1.165, 1.54) is 0 Å². The summed E-state index contributed by atoms with van der Waals surface area (Å²) in [5, 5.41) is 2.90. The van der Waals surface area contributed by atoms with Gasteiger partial charge in [-0.15, -0.1) is 0 Å². The Kier molecular flexibility index (Phi) is 7.50. The zero-order chi connectivity index (χ0) is 15.0. The Morgan fingerprint density at radius 1 is 1.30 bits per heavy atom. The van der Waals surface area contributed by atoms with Gasteiger partial charge in [-0.3, -0.25) is 14.5 Å². The highest BCUT2D eigenvalue weighted by Gasteiger charge is 2.26. The minimum absolute atomic E-state index is 0.0266. The van der Waals surface area contributed by atoms with Gasteiger partial charge in [0, 0.05) is 46.4 Å². The minimum Gasteiger partial charge on any atom is -0.385 e. The van der Waals surface area contributed by atoms with Crippen molar-refractivity contribution in [1.82, 2.24) is 15.1 Å². The van der Waals surface area contributed by atoms with Crippen LogP contribution >= 0.6 is 0 Å². The molecule has 1 saturated heterocycles. The standard InChI is InChI=1S/C13H26N4O3/c1-11(13(19)15-4-3-9-20-2)16-5-7-17(8-6-16)12(18)10-14/h11H,3-10,14H2,1-2H3,(H,15,19). The van der Waals surface area contributed by atoms with E-state index in [4.69, 9.17) is 10.5 Å². The van der Waals surface area contributed by atoms with Gasteiger partial charge < -0.3 is 20.7 Å². The number of nitrogens with one attached hydrogen (secondary N) is 1. The van der Waals surface area contributed by atoms with E-state index in [0.29, 0.717) is 39.3 Å². The normalized spacial score (nSPS) is 17.9. The van der Waals surface area contributed by atoms with Gasteiger partial charge in [0.15, 0.2) is 0 Å². The van der Waals surface area contributed by atoms with Crippen LogP contribution in [0.3, 0.4) is 0 Å². The number of amides is 2. The highest BCUT2D eigenvalue weighted by molar-refractivity contribution is 5.81. The fourth-order valence-electron chi connectivity index (χ4n) is 2.23. The van der Waals surface area contributed by atoms with Gasteiger partial charge >= 0.3 is 0 Å². The first-order valence-corrected chi connectivity index (χ1v) is 7.08. The number of piperazine rings is 1. The predicted molar refractivity (Wildman–Crippen MR) is 76.2 cm³/mol. The molecule has 3 N–H and O–H groups in total. The number of rotatable bonds is 7. The van der Waals surface area contributed by atoms with Crippen LogP contribution in [0.25, 0.3) is 0 Å². The van der Waals surface area contributed by atoms with Crippen LogP contribution in [0.2, 0.25) is 0 Å². The molecule has 1 unspecified atom stereocenters. The van der Waals surface area contributed by atoms with Crippen molar-refractivity contribution < 1.29 is 14.3 Å². The molecule has 7 nitrogen and oxygen atoms in total. The van der Waals surface area contributed by atoms with Crippen molar-refractivity contribution in [1.29, 1.82) is 0 Å². The summed E-state index contributed by atoms with van der Waals surface area (Å²) in [4.78, 5) is 27.3. The van der Waals surface area contributed by atoms with Gasteiger partial charge in [0.05, 0.1) is 12.6 Å². The molecule has 116 valence electrons. The van der Waals surface area contributed by atoms with Gasteiger partial charge in [-0.05, 0) is 13.3 Å². The number of ether oxygens (including phenoxy) is 1. The Balaban J connectivity index is 2.29.